The Morgan fingerprint density at radius 2 is 1.00 bits per heavy atom. The van der Waals surface area contributed by atoms with Gasteiger partial charge in [0.1, 0.15) is 0 Å². The Morgan fingerprint density at radius 1 is 1.00 bits per heavy atom. The van der Waals surface area contributed by atoms with E-state index in [-0.39, 0.29) is 137 Å². The molecule has 0 rings (SSSR count). The third kappa shape index (κ3) is 39.1. The Labute approximate surface area is 154 Å². The predicted molar refractivity (Wildman–Crippen MR) is 35.3 cm³/mol. The standard InChI is InChI=1S/BH3O3.Ba.Cs.Li.4H/c2-1(3)4;;;;;;;/h2-4H;;;;;;;. The second-order valence-electron chi connectivity index (χ2n) is 0.346. The number of hydrogen-bond donors (Lipinski definition) is 3. The van der Waals surface area contributed by atoms with Gasteiger partial charge in [-0.25, -0.2) is 0 Å². The molecule has 0 spiro atoms. The van der Waals surface area contributed by atoms with Gasteiger partial charge in [0, 0.05) is 0 Å². The van der Waals surface area contributed by atoms with Gasteiger partial charge < -0.3 is 15.1 Å². The van der Waals surface area contributed by atoms with E-state index in [9.17, 15) is 0 Å². The van der Waals surface area contributed by atoms with Crippen molar-refractivity contribution in [1.82, 2.24) is 0 Å². The van der Waals surface area contributed by atoms with Crippen LogP contribution in [0.3, 0.4) is 0 Å². The molecule has 0 bridgehead atoms. The van der Waals surface area contributed by atoms with Crippen LogP contribution in [0.2, 0.25) is 0 Å². The molecule has 0 aromatic heterocycles. The Hall–Kier alpha value is 4.17. The van der Waals surface area contributed by atoms with Crippen LogP contribution in [-0.2, 0) is 0 Å². The summed E-state index contributed by atoms with van der Waals surface area (Å²) < 4.78 is 0. The molecule has 0 aliphatic carbocycles. The molecule has 0 saturated carbocycles. The van der Waals surface area contributed by atoms with Crippen molar-refractivity contribution in [3.05, 3.63) is 0 Å². The van der Waals surface area contributed by atoms with Crippen molar-refractivity contribution in [2.24, 2.45) is 0 Å². The van der Waals surface area contributed by atoms with Crippen LogP contribution in [-0.4, -0.2) is 159 Å². The SMILES string of the molecule is OB(O)O.[BaH2].[CsH].[LiH]. The van der Waals surface area contributed by atoms with Crippen molar-refractivity contribution >= 4 is 144 Å². The molecule has 0 amide bonds. The van der Waals surface area contributed by atoms with Crippen LogP contribution in [0.15, 0.2) is 0 Å². The van der Waals surface area contributed by atoms with E-state index in [4.69, 9.17) is 15.1 Å². The zero-order valence-electron chi connectivity index (χ0n) is 1.92. The van der Waals surface area contributed by atoms with Gasteiger partial charge in [-0.05, 0) is 0 Å². The molecule has 7 heavy (non-hydrogen) atoms. The number of hydrogen-bond acceptors (Lipinski definition) is 3. The summed E-state index contributed by atoms with van der Waals surface area (Å²) in [6.45, 7) is 0. The van der Waals surface area contributed by atoms with Crippen LogP contribution in [0.4, 0.5) is 0 Å². The van der Waals surface area contributed by atoms with Crippen molar-refractivity contribution < 1.29 is 15.1 Å². The van der Waals surface area contributed by atoms with Gasteiger partial charge in [0.2, 0.25) is 0 Å². The molecular weight excluding hydrogens is 336 g/mol. The first-order chi connectivity index (χ1) is 1.73. The van der Waals surface area contributed by atoms with Crippen molar-refractivity contribution in [2.45, 2.75) is 0 Å². The summed E-state index contributed by atoms with van der Waals surface area (Å²) in [5.74, 6) is 0. The van der Waals surface area contributed by atoms with Gasteiger partial charge >= 0.3 is 144 Å². The molecular formula is H7BBaCsLiO3. The van der Waals surface area contributed by atoms with Gasteiger partial charge in [0.25, 0.3) is 0 Å². The zero-order chi connectivity index (χ0) is 3.58. The third-order valence-corrected chi connectivity index (χ3v) is 0. The van der Waals surface area contributed by atoms with Crippen LogP contribution < -0.4 is 0 Å². The Bertz CT molecular complexity index is 19.7. The first-order valence-corrected chi connectivity index (χ1v) is 0.775. The van der Waals surface area contributed by atoms with E-state index in [1.54, 1.807) is 0 Å². The first-order valence-electron chi connectivity index (χ1n) is 0.775. The van der Waals surface area contributed by atoms with Crippen molar-refractivity contribution in [3.8, 4) is 0 Å². The molecule has 0 aliphatic heterocycles. The monoisotopic (exact) mass is 344 g/mol. The fourth-order valence-electron chi connectivity index (χ4n) is 0. The summed E-state index contributed by atoms with van der Waals surface area (Å²) in [5.41, 5.74) is 0. The van der Waals surface area contributed by atoms with E-state index >= 15 is 0 Å². The van der Waals surface area contributed by atoms with Gasteiger partial charge in [-0.15, -0.1) is 0 Å². The molecule has 0 atom stereocenters. The van der Waals surface area contributed by atoms with Crippen LogP contribution >= 0.6 is 0 Å². The third-order valence-electron chi connectivity index (χ3n) is 0. The van der Waals surface area contributed by atoms with E-state index in [0.717, 1.165) is 0 Å². The summed E-state index contributed by atoms with van der Waals surface area (Å²) >= 11 is 0. The van der Waals surface area contributed by atoms with E-state index < -0.39 is 7.32 Å². The van der Waals surface area contributed by atoms with Gasteiger partial charge in [0.15, 0.2) is 0 Å². The minimum atomic E-state index is -2.17. The average Bonchev–Trinajstić information content (AvgIpc) is 0.811. The maximum atomic E-state index is 7.17. The van der Waals surface area contributed by atoms with E-state index in [2.05, 4.69) is 0 Å². The second-order valence-corrected chi connectivity index (χ2v) is 0.346. The second kappa shape index (κ2) is 16.6. The topological polar surface area (TPSA) is 60.7 Å². The molecule has 0 aromatic carbocycles. The molecule has 0 saturated heterocycles. The fourth-order valence-corrected chi connectivity index (χ4v) is 0. The summed E-state index contributed by atoms with van der Waals surface area (Å²) in [7, 11) is -2.17. The normalized spacial score (nSPS) is 3.86. The minimum absolute atomic E-state index is 0. The van der Waals surface area contributed by atoms with Gasteiger partial charge in [-0.1, -0.05) is 0 Å². The molecule has 7 heteroatoms. The molecule has 0 heterocycles. The summed E-state index contributed by atoms with van der Waals surface area (Å²) in [6, 6.07) is 0. The van der Waals surface area contributed by atoms with E-state index in [1.165, 1.54) is 0 Å². The van der Waals surface area contributed by atoms with Gasteiger partial charge in [-0.3, -0.25) is 0 Å². The van der Waals surface area contributed by atoms with Crippen molar-refractivity contribution in [1.29, 1.82) is 0 Å². The van der Waals surface area contributed by atoms with Crippen LogP contribution in [0, 0.1) is 0 Å². The van der Waals surface area contributed by atoms with E-state index in [1.807, 2.05) is 0 Å². The summed E-state index contributed by atoms with van der Waals surface area (Å²) in [4.78, 5) is 0. The van der Waals surface area contributed by atoms with Gasteiger partial charge in [0.05, 0.1) is 0 Å². The fraction of sp³-hybridized carbons (Fsp3) is 0. The van der Waals surface area contributed by atoms with E-state index in [0.29, 0.717) is 0 Å². The summed E-state index contributed by atoms with van der Waals surface area (Å²) in [5, 5.41) is 21.5. The predicted octanol–water partition coefficient (Wildman–Crippen LogP) is -4.26. The Kier molecular flexibility index (Phi) is 53.4. The molecule has 0 fully saturated rings. The molecule has 0 aromatic rings. The average molecular weight is 343 g/mol. The van der Waals surface area contributed by atoms with Gasteiger partial charge in [-0.2, -0.15) is 0 Å². The quantitative estimate of drug-likeness (QED) is 0.391. The molecule has 0 unspecified atom stereocenters. The van der Waals surface area contributed by atoms with Crippen molar-refractivity contribution in [3.63, 3.8) is 0 Å². The maximum absolute atomic E-state index is 7.17. The Morgan fingerprint density at radius 3 is 1.00 bits per heavy atom. The molecule has 0 aliphatic rings. The molecule has 3 N–H and O–H groups in total. The molecule has 32 valence electrons. The summed E-state index contributed by atoms with van der Waals surface area (Å²) in [6.07, 6.45) is 0. The van der Waals surface area contributed by atoms with Crippen LogP contribution in [0.1, 0.15) is 0 Å². The molecule has 3 nitrogen and oxygen atoms in total. The number of rotatable bonds is 0. The van der Waals surface area contributed by atoms with Crippen molar-refractivity contribution in [2.75, 3.05) is 0 Å². The Balaban J connectivity index is -0.0000000150. The van der Waals surface area contributed by atoms with Crippen LogP contribution in [0.25, 0.3) is 0 Å². The first kappa shape index (κ1) is 22.5. The zero-order valence-corrected chi connectivity index (χ0v) is 1.92. The molecule has 0 radical (unpaired) electrons. The van der Waals surface area contributed by atoms with Crippen LogP contribution in [0.5, 0.6) is 0 Å².